The second kappa shape index (κ2) is 6.73. The second-order valence-corrected chi connectivity index (χ2v) is 8.05. The summed E-state index contributed by atoms with van der Waals surface area (Å²) in [6.45, 7) is 10.5. The summed E-state index contributed by atoms with van der Waals surface area (Å²) in [5.41, 5.74) is 0.947. The van der Waals surface area contributed by atoms with E-state index in [1.54, 1.807) is 4.90 Å². The maximum Gasteiger partial charge on any atom is 0.410 e. The fraction of sp³-hybridized carbons (Fsp3) is 0.632. The van der Waals surface area contributed by atoms with Crippen molar-refractivity contribution >= 4 is 6.09 Å². The van der Waals surface area contributed by atoms with Gasteiger partial charge in [0.25, 0.3) is 0 Å². The molecule has 0 spiro atoms. The standard InChI is InChI=1S/C19H29N3O2/c1-19(2,3)24-18(23)22-13-17(14-22)21-11-16(12-21)20(4)10-15-8-6-5-7-9-15/h5-9,16-17H,10-14H2,1-4H3. The Bertz CT molecular complexity index is 558. The molecule has 5 nitrogen and oxygen atoms in total. The lowest BCUT2D eigenvalue weighted by Gasteiger charge is -2.53. The molecule has 3 rings (SSSR count). The molecular formula is C19H29N3O2. The number of carbonyl (C=O) groups is 1. The van der Waals surface area contributed by atoms with E-state index in [4.69, 9.17) is 4.74 Å². The third-order valence-corrected chi connectivity index (χ3v) is 4.82. The zero-order valence-electron chi connectivity index (χ0n) is 15.2. The molecule has 1 aromatic rings. The minimum Gasteiger partial charge on any atom is -0.444 e. The van der Waals surface area contributed by atoms with E-state index >= 15 is 0 Å². The lowest BCUT2D eigenvalue weighted by molar-refractivity contribution is -0.0549. The molecule has 0 aromatic heterocycles. The van der Waals surface area contributed by atoms with E-state index in [0.29, 0.717) is 12.1 Å². The number of carbonyl (C=O) groups excluding carboxylic acids is 1. The van der Waals surface area contributed by atoms with Crippen LogP contribution in [0, 0.1) is 0 Å². The quantitative estimate of drug-likeness (QED) is 0.849. The Hall–Kier alpha value is -1.59. The van der Waals surface area contributed by atoms with Gasteiger partial charge in [-0.15, -0.1) is 0 Å². The Morgan fingerprint density at radius 1 is 1.17 bits per heavy atom. The first-order chi connectivity index (χ1) is 11.3. The van der Waals surface area contributed by atoms with Crippen molar-refractivity contribution in [2.24, 2.45) is 0 Å². The highest BCUT2D eigenvalue weighted by atomic mass is 16.6. The lowest BCUT2D eigenvalue weighted by Crippen LogP contribution is -2.70. The maximum atomic E-state index is 12.0. The van der Waals surface area contributed by atoms with Gasteiger partial charge in [0.1, 0.15) is 5.60 Å². The van der Waals surface area contributed by atoms with Gasteiger partial charge in [0.15, 0.2) is 0 Å². The number of ether oxygens (including phenoxy) is 1. The maximum absolute atomic E-state index is 12.0. The largest absolute Gasteiger partial charge is 0.444 e. The molecule has 0 atom stereocenters. The monoisotopic (exact) mass is 331 g/mol. The molecule has 0 N–H and O–H groups in total. The van der Waals surface area contributed by atoms with Crippen molar-refractivity contribution in [2.75, 3.05) is 33.2 Å². The van der Waals surface area contributed by atoms with Gasteiger partial charge in [-0.3, -0.25) is 9.80 Å². The Morgan fingerprint density at radius 2 is 1.79 bits per heavy atom. The van der Waals surface area contributed by atoms with Gasteiger partial charge in [-0.05, 0) is 33.4 Å². The molecule has 24 heavy (non-hydrogen) atoms. The van der Waals surface area contributed by atoms with Crippen molar-refractivity contribution in [3.63, 3.8) is 0 Å². The van der Waals surface area contributed by atoms with Crippen molar-refractivity contribution < 1.29 is 9.53 Å². The molecule has 0 radical (unpaired) electrons. The molecule has 2 heterocycles. The molecule has 2 fully saturated rings. The first-order valence-electron chi connectivity index (χ1n) is 8.78. The van der Waals surface area contributed by atoms with Crippen LogP contribution >= 0.6 is 0 Å². The summed E-state index contributed by atoms with van der Waals surface area (Å²) < 4.78 is 5.41. The van der Waals surface area contributed by atoms with E-state index in [2.05, 4.69) is 47.2 Å². The Labute approximate surface area is 145 Å². The summed E-state index contributed by atoms with van der Waals surface area (Å²) in [5, 5.41) is 0. The number of likely N-dealkylation sites (N-methyl/N-ethyl adjacent to an activating group) is 1. The van der Waals surface area contributed by atoms with Crippen LogP contribution in [0.25, 0.3) is 0 Å². The second-order valence-electron chi connectivity index (χ2n) is 8.05. The van der Waals surface area contributed by atoms with Crippen molar-refractivity contribution in [3.8, 4) is 0 Å². The molecule has 2 aliphatic rings. The van der Waals surface area contributed by atoms with Gasteiger partial charge in [0.2, 0.25) is 0 Å². The summed E-state index contributed by atoms with van der Waals surface area (Å²) in [7, 11) is 2.20. The fourth-order valence-electron chi connectivity index (χ4n) is 3.23. The topological polar surface area (TPSA) is 36.0 Å². The molecule has 1 amide bonds. The van der Waals surface area contributed by atoms with Gasteiger partial charge in [0.05, 0.1) is 0 Å². The zero-order chi connectivity index (χ0) is 17.3. The van der Waals surface area contributed by atoms with Gasteiger partial charge in [-0.2, -0.15) is 0 Å². The van der Waals surface area contributed by atoms with Crippen molar-refractivity contribution in [1.82, 2.24) is 14.7 Å². The summed E-state index contributed by atoms with van der Waals surface area (Å²) in [6, 6.07) is 11.7. The van der Waals surface area contributed by atoms with Crippen LogP contribution in [-0.2, 0) is 11.3 Å². The van der Waals surface area contributed by atoms with Crippen LogP contribution in [0.5, 0.6) is 0 Å². The molecule has 2 aliphatic heterocycles. The Balaban J connectivity index is 1.37. The first-order valence-corrected chi connectivity index (χ1v) is 8.78. The molecule has 0 unspecified atom stereocenters. The first kappa shape index (κ1) is 17.2. The van der Waals surface area contributed by atoms with Crippen LogP contribution in [0.15, 0.2) is 30.3 Å². The smallest absolute Gasteiger partial charge is 0.410 e. The minimum absolute atomic E-state index is 0.183. The predicted octanol–water partition coefficient (Wildman–Crippen LogP) is 2.42. The van der Waals surface area contributed by atoms with E-state index in [0.717, 1.165) is 32.7 Å². The van der Waals surface area contributed by atoms with Gasteiger partial charge >= 0.3 is 6.09 Å². The summed E-state index contributed by atoms with van der Waals surface area (Å²) >= 11 is 0. The molecular weight excluding hydrogens is 302 g/mol. The molecule has 132 valence electrons. The molecule has 5 heteroatoms. The molecule has 0 aliphatic carbocycles. The highest BCUT2D eigenvalue weighted by Gasteiger charge is 2.42. The number of rotatable bonds is 4. The number of benzene rings is 1. The van der Waals surface area contributed by atoms with Crippen LogP contribution in [0.1, 0.15) is 26.3 Å². The molecule has 1 aromatic carbocycles. The van der Waals surface area contributed by atoms with Gasteiger partial charge < -0.3 is 9.64 Å². The number of likely N-dealkylation sites (tertiary alicyclic amines) is 2. The van der Waals surface area contributed by atoms with Crippen molar-refractivity contribution in [2.45, 2.75) is 45.0 Å². The lowest BCUT2D eigenvalue weighted by atomic mass is 9.99. The highest BCUT2D eigenvalue weighted by Crippen LogP contribution is 2.25. The van der Waals surface area contributed by atoms with Crippen LogP contribution < -0.4 is 0 Å². The number of hydrogen-bond acceptors (Lipinski definition) is 4. The average Bonchev–Trinajstić information content (AvgIpc) is 2.38. The molecule has 0 bridgehead atoms. The van der Waals surface area contributed by atoms with Crippen molar-refractivity contribution in [1.29, 1.82) is 0 Å². The van der Waals surface area contributed by atoms with Crippen LogP contribution in [0.4, 0.5) is 4.79 Å². The number of hydrogen-bond donors (Lipinski definition) is 0. The summed E-state index contributed by atoms with van der Waals surface area (Å²) in [6.07, 6.45) is -0.183. The predicted molar refractivity (Wildman–Crippen MR) is 94.9 cm³/mol. The number of nitrogens with zero attached hydrogens (tertiary/aromatic N) is 3. The number of amides is 1. The van der Waals surface area contributed by atoms with Crippen molar-refractivity contribution in [3.05, 3.63) is 35.9 Å². The normalized spacial score (nSPS) is 20.0. The minimum atomic E-state index is -0.413. The van der Waals surface area contributed by atoms with E-state index < -0.39 is 5.60 Å². The third kappa shape index (κ3) is 4.08. The van der Waals surface area contributed by atoms with E-state index in [1.165, 1.54) is 5.56 Å². The van der Waals surface area contributed by atoms with Gasteiger partial charge in [-0.25, -0.2) is 4.79 Å². The Kier molecular flexibility index (Phi) is 4.83. The average molecular weight is 331 g/mol. The summed E-state index contributed by atoms with van der Waals surface area (Å²) in [4.78, 5) is 18.7. The van der Waals surface area contributed by atoms with Crippen LogP contribution in [0.3, 0.4) is 0 Å². The SMILES string of the molecule is CN(Cc1ccccc1)C1CN(C2CN(C(=O)OC(C)(C)C)C2)C1. The molecule has 2 saturated heterocycles. The van der Waals surface area contributed by atoms with Gasteiger partial charge in [-0.1, -0.05) is 30.3 Å². The van der Waals surface area contributed by atoms with Crippen LogP contribution in [-0.4, -0.2) is 71.7 Å². The fourth-order valence-corrected chi connectivity index (χ4v) is 3.23. The van der Waals surface area contributed by atoms with E-state index in [1.807, 2.05) is 20.8 Å². The third-order valence-electron chi connectivity index (χ3n) is 4.82. The Morgan fingerprint density at radius 3 is 2.38 bits per heavy atom. The van der Waals surface area contributed by atoms with E-state index in [-0.39, 0.29) is 6.09 Å². The highest BCUT2D eigenvalue weighted by molar-refractivity contribution is 5.69. The summed E-state index contributed by atoms with van der Waals surface area (Å²) in [5.74, 6) is 0. The van der Waals surface area contributed by atoms with Gasteiger partial charge in [0, 0.05) is 44.8 Å². The van der Waals surface area contributed by atoms with Crippen LogP contribution in [0.2, 0.25) is 0 Å². The van der Waals surface area contributed by atoms with E-state index in [9.17, 15) is 4.79 Å². The zero-order valence-corrected chi connectivity index (χ0v) is 15.2. The molecule has 0 saturated carbocycles.